The van der Waals surface area contributed by atoms with Gasteiger partial charge < -0.3 is 30.2 Å². The van der Waals surface area contributed by atoms with Crippen LogP contribution in [-0.2, 0) is 16.1 Å². The Balaban J connectivity index is 1.53. The lowest BCUT2D eigenvalue weighted by Gasteiger charge is -2.21. The second-order valence-corrected chi connectivity index (χ2v) is 6.37. The Morgan fingerprint density at radius 3 is 2.62 bits per heavy atom. The van der Waals surface area contributed by atoms with Crippen LogP contribution < -0.4 is 20.5 Å². The zero-order valence-electron chi connectivity index (χ0n) is 15.8. The molecule has 0 aromatic heterocycles. The molecule has 0 spiro atoms. The number of hydrogen-bond acceptors (Lipinski definition) is 6. The van der Waals surface area contributed by atoms with Crippen LogP contribution in [0.5, 0.6) is 11.5 Å². The van der Waals surface area contributed by atoms with Crippen molar-refractivity contribution in [3.05, 3.63) is 53.6 Å². The molecule has 0 bridgehead atoms. The van der Waals surface area contributed by atoms with Crippen LogP contribution >= 0.6 is 0 Å². The van der Waals surface area contributed by atoms with E-state index in [-0.39, 0.29) is 11.5 Å². The molecule has 0 aliphatic carbocycles. The minimum atomic E-state index is -0.744. The fourth-order valence-corrected chi connectivity index (χ4v) is 2.74. The predicted molar refractivity (Wildman–Crippen MR) is 104 cm³/mol. The molecule has 1 heterocycles. The number of benzene rings is 2. The highest BCUT2D eigenvalue weighted by atomic mass is 16.6. The van der Waals surface area contributed by atoms with E-state index in [1.54, 1.807) is 25.2 Å². The molecular weight excluding hydrogens is 378 g/mol. The quantitative estimate of drug-likeness (QED) is 0.714. The number of carbonyl (C=O) groups is 3. The third kappa shape index (κ3) is 5.38. The van der Waals surface area contributed by atoms with Gasteiger partial charge in [0.1, 0.15) is 13.2 Å². The van der Waals surface area contributed by atoms with Gasteiger partial charge in [-0.3, -0.25) is 4.79 Å². The van der Waals surface area contributed by atoms with Gasteiger partial charge in [-0.05, 0) is 35.9 Å². The summed E-state index contributed by atoms with van der Waals surface area (Å²) in [6.45, 7) is 0.910. The minimum Gasteiger partial charge on any atom is -0.486 e. The van der Waals surface area contributed by atoms with Crippen LogP contribution in [0.3, 0.4) is 0 Å². The number of nitrogens with two attached hydrogens (primary N) is 1. The van der Waals surface area contributed by atoms with Gasteiger partial charge in [-0.1, -0.05) is 12.1 Å². The van der Waals surface area contributed by atoms with Crippen LogP contribution in [0.15, 0.2) is 42.5 Å². The lowest BCUT2D eigenvalue weighted by atomic mass is 10.2. The van der Waals surface area contributed by atoms with Crippen LogP contribution in [0.25, 0.3) is 0 Å². The van der Waals surface area contributed by atoms with Gasteiger partial charge in [0.05, 0.1) is 5.56 Å². The molecule has 1 aliphatic rings. The largest absolute Gasteiger partial charge is 0.486 e. The average molecular weight is 399 g/mol. The summed E-state index contributed by atoms with van der Waals surface area (Å²) in [5.41, 5.74) is 6.46. The van der Waals surface area contributed by atoms with Crippen molar-refractivity contribution in [2.45, 2.75) is 6.54 Å². The fourth-order valence-electron chi connectivity index (χ4n) is 2.74. The summed E-state index contributed by atoms with van der Waals surface area (Å²) in [7, 11) is 1.62. The Hall–Kier alpha value is -3.75. The molecule has 3 rings (SSSR count). The van der Waals surface area contributed by atoms with Gasteiger partial charge in [-0.2, -0.15) is 0 Å². The maximum absolute atomic E-state index is 12.3. The van der Waals surface area contributed by atoms with E-state index in [0.717, 1.165) is 5.56 Å². The number of nitrogens with zero attached hydrogens (tertiary/aromatic N) is 1. The number of anilines is 1. The second kappa shape index (κ2) is 8.96. The third-order valence-corrected chi connectivity index (χ3v) is 4.14. The van der Waals surface area contributed by atoms with E-state index >= 15 is 0 Å². The number of hydrogen-bond donors (Lipinski definition) is 2. The summed E-state index contributed by atoms with van der Waals surface area (Å²) >= 11 is 0. The van der Waals surface area contributed by atoms with Gasteiger partial charge in [0.2, 0.25) is 0 Å². The number of carbonyl (C=O) groups excluding carboxylic acids is 3. The first-order valence-corrected chi connectivity index (χ1v) is 8.88. The van der Waals surface area contributed by atoms with Gasteiger partial charge in [-0.25, -0.2) is 9.59 Å². The first-order valence-electron chi connectivity index (χ1n) is 8.88. The molecule has 0 saturated carbocycles. The molecule has 0 atom stereocenters. The van der Waals surface area contributed by atoms with Gasteiger partial charge in [0.25, 0.3) is 5.91 Å². The maximum atomic E-state index is 12.3. The number of fused-ring (bicyclic) bond motifs is 1. The van der Waals surface area contributed by atoms with E-state index in [1.165, 1.54) is 17.0 Å². The number of urea groups is 1. The van der Waals surface area contributed by atoms with E-state index in [9.17, 15) is 14.4 Å². The van der Waals surface area contributed by atoms with E-state index in [1.807, 2.05) is 12.1 Å². The zero-order valence-corrected chi connectivity index (χ0v) is 15.8. The lowest BCUT2D eigenvalue weighted by Crippen LogP contribution is -2.31. The number of ether oxygens (including phenoxy) is 3. The van der Waals surface area contributed by atoms with Gasteiger partial charge in [0, 0.05) is 19.3 Å². The number of esters is 1. The number of nitrogens with one attached hydrogen (secondary N) is 1. The highest BCUT2D eigenvalue weighted by molar-refractivity contribution is 5.94. The maximum Gasteiger partial charge on any atom is 0.338 e. The van der Waals surface area contributed by atoms with Gasteiger partial charge >= 0.3 is 12.0 Å². The summed E-state index contributed by atoms with van der Waals surface area (Å²) in [5, 5.41) is 2.37. The number of likely N-dealkylation sites (N-methyl/N-ethyl adjacent to an activating group) is 1. The molecule has 0 saturated heterocycles. The van der Waals surface area contributed by atoms with Crippen molar-refractivity contribution in [3.8, 4) is 11.5 Å². The van der Waals surface area contributed by atoms with Crippen LogP contribution in [0.4, 0.5) is 10.5 Å². The molecule has 29 heavy (non-hydrogen) atoms. The van der Waals surface area contributed by atoms with Crippen molar-refractivity contribution in [2.24, 2.45) is 5.73 Å². The monoisotopic (exact) mass is 399 g/mol. The Labute approximate surface area is 167 Å². The van der Waals surface area contributed by atoms with Crippen molar-refractivity contribution in [3.63, 3.8) is 0 Å². The lowest BCUT2D eigenvalue weighted by molar-refractivity contribution is -0.133. The summed E-state index contributed by atoms with van der Waals surface area (Å²) in [6, 6.07) is 10.8. The Kier molecular flexibility index (Phi) is 6.18. The van der Waals surface area contributed by atoms with Crippen LogP contribution in [0, 0.1) is 0 Å². The van der Waals surface area contributed by atoms with Crippen LogP contribution in [-0.4, -0.2) is 49.7 Å². The molecule has 9 heteroatoms. The van der Waals surface area contributed by atoms with Crippen molar-refractivity contribution in [2.75, 3.05) is 32.2 Å². The standard InChI is InChI=1S/C20H21N3O6/c1-23(11-13-5-6-16-17(9-13)28-8-7-27-16)18(24)12-29-19(25)14-3-2-4-15(10-14)22-20(21)26/h2-6,9-10H,7-8,11-12H2,1H3,(H3,21,22,26). The highest BCUT2D eigenvalue weighted by Crippen LogP contribution is 2.31. The van der Waals surface area contributed by atoms with E-state index in [4.69, 9.17) is 19.9 Å². The van der Waals surface area contributed by atoms with E-state index in [0.29, 0.717) is 36.9 Å². The first kappa shape index (κ1) is 20.0. The topological polar surface area (TPSA) is 120 Å². The Bertz CT molecular complexity index is 930. The number of primary amides is 1. The molecule has 0 fully saturated rings. The van der Waals surface area contributed by atoms with Crippen molar-refractivity contribution in [1.29, 1.82) is 0 Å². The Morgan fingerprint density at radius 1 is 1.10 bits per heavy atom. The van der Waals surface area contributed by atoms with Gasteiger partial charge in [0.15, 0.2) is 18.1 Å². The molecule has 9 nitrogen and oxygen atoms in total. The molecule has 2 aromatic rings. The third-order valence-electron chi connectivity index (χ3n) is 4.14. The van der Waals surface area contributed by atoms with Crippen molar-refractivity contribution < 1.29 is 28.6 Å². The number of rotatable bonds is 6. The smallest absolute Gasteiger partial charge is 0.338 e. The molecule has 1 aliphatic heterocycles. The normalized spacial score (nSPS) is 12.0. The number of amides is 3. The molecule has 3 amide bonds. The molecule has 0 unspecified atom stereocenters. The molecule has 2 aromatic carbocycles. The summed E-state index contributed by atoms with van der Waals surface area (Å²) < 4.78 is 16.1. The summed E-state index contributed by atoms with van der Waals surface area (Å²) in [6.07, 6.45) is 0. The molecular formula is C20H21N3O6. The summed E-state index contributed by atoms with van der Waals surface area (Å²) in [4.78, 5) is 36.8. The van der Waals surface area contributed by atoms with Crippen molar-refractivity contribution >= 4 is 23.6 Å². The minimum absolute atomic E-state index is 0.193. The fraction of sp³-hybridized carbons (Fsp3) is 0.250. The Morgan fingerprint density at radius 2 is 1.86 bits per heavy atom. The van der Waals surface area contributed by atoms with Crippen LogP contribution in [0.2, 0.25) is 0 Å². The second-order valence-electron chi connectivity index (χ2n) is 6.37. The van der Waals surface area contributed by atoms with Gasteiger partial charge in [-0.15, -0.1) is 0 Å². The van der Waals surface area contributed by atoms with E-state index < -0.39 is 18.6 Å². The SMILES string of the molecule is CN(Cc1ccc2c(c1)OCCO2)C(=O)COC(=O)c1cccc(NC(N)=O)c1. The average Bonchev–Trinajstić information content (AvgIpc) is 2.71. The van der Waals surface area contributed by atoms with E-state index in [2.05, 4.69) is 5.32 Å². The molecule has 152 valence electrons. The van der Waals surface area contributed by atoms with Crippen molar-refractivity contribution in [1.82, 2.24) is 4.90 Å². The predicted octanol–water partition coefficient (Wildman–Crippen LogP) is 1.76. The van der Waals surface area contributed by atoms with Crippen LogP contribution in [0.1, 0.15) is 15.9 Å². The summed E-state index contributed by atoms with van der Waals surface area (Å²) in [5.74, 6) is 0.278. The highest BCUT2D eigenvalue weighted by Gasteiger charge is 2.16. The first-order chi connectivity index (χ1) is 13.9. The molecule has 0 radical (unpaired) electrons. The zero-order chi connectivity index (χ0) is 20.8. The molecule has 3 N–H and O–H groups in total.